The molecular formula is C19H20ClN3O4S. The maximum atomic E-state index is 13.0. The number of carbonyl (C=O) groups excluding carboxylic acids is 2. The Morgan fingerprint density at radius 1 is 1.36 bits per heavy atom. The quantitative estimate of drug-likeness (QED) is 0.580. The molecule has 7 nitrogen and oxygen atoms in total. The largest absolute Gasteiger partial charge is 0.394 e. The fourth-order valence-electron chi connectivity index (χ4n) is 3.66. The first-order chi connectivity index (χ1) is 13.5. The van der Waals surface area contributed by atoms with Gasteiger partial charge in [-0.3, -0.25) is 9.59 Å². The molecule has 0 spiro atoms. The molecule has 0 saturated carbocycles. The highest BCUT2D eigenvalue weighted by Crippen LogP contribution is 2.37. The summed E-state index contributed by atoms with van der Waals surface area (Å²) in [5, 5.41) is 25.9. The van der Waals surface area contributed by atoms with Crippen LogP contribution in [0.3, 0.4) is 0 Å². The van der Waals surface area contributed by atoms with Crippen LogP contribution in [0.4, 0.5) is 10.7 Å². The molecule has 9 heteroatoms. The maximum absolute atomic E-state index is 13.0. The van der Waals surface area contributed by atoms with E-state index in [4.69, 9.17) is 16.7 Å². The third kappa shape index (κ3) is 3.60. The van der Waals surface area contributed by atoms with Crippen molar-refractivity contribution in [1.82, 2.24) is 5.32 Å². The molecule has 3 atom stereocenters. The minimum absolute atomic E-state index is 0.0316. The lowest BCUT2D eigenvalue weighted by Crippen LogP contribution is -2.56. The summed E-state index contributed by atoms with van der Waals surface area (Å²) in [4.78, 5) is 27.2. The molecule has 2 amide bonds. The van der Waals surface area contributed by atoms with Gasteiger partial charge < -0.3 is 25.7 Å². The highest BCUT2D eigenvalue weighted by Gasteiger charge is 2.37. The number of para-hydroxylation sites is 1. The highest BCUT2D eigenvalue weighted by molar-refractivity contribution is 7.20. The van der Waals surface area contributed by atoms with Gasteiger partial charge in [0.25, 0.3) is 0 Å². The Bertz CT molecular complexity index is 895. The van der Waals surface area contributed by atoms with Gasteiger partial charge in [-0.2, -0.15) is 0 Å². The molecule has 1 aromatic heterocycles. The smallest absolute Gasteiger partial charge is 0.250 e. The van der Waals surface area contributed by atoms with Crippen LogP contribution in [0.5, 0.6) is 0 Å². The van der Waals surface area contributed by atoms with E-state index in [1.807, 2.05) is 24.3 Å². The normalized spacial score (nSPS) is 21.7. The topological polar surface area (TPSA) is 102 Å². The summed E-state index contributed by atoms with van der Waals surface area (Å²) in [6.07, 6.45) is -0.148. The second-order valence-corrected chi connectivity index (χ2v) is 8.67. The van der Waals surface area contributed by atoms with Crippen molar-refractivity contribution in [3.8, 4) is 0 Å². The number of nitrogens with one attached hydrogen (secondary N) is 2. The van der Waals surface area contributed by atoms with E-state index in [1.165, 1.54) is 16.2 Å². The molecular weight excluding hydrogens is 402 g/mol. The molecule has 0 saturated heterocycles. The number of β-amino-alcohol motifs (C(OH)–C–C–N with tert-alkyl or cyclic N) is 1. The lowest BCUT2D eigenvalue weighted by molar-refractivity contribution is -0.128. The molecule has 1 aromatic carbocycles. The van der Waals surface area contributed by atoms with E-state index in [0.717, 1.165) is 16.1 Å². The second kappa shape index (κ2) is 7.71. The molecule has 2 aliphatic heterocycles. The number of hydrogen-bond donors (Lipinski definition) is 4. The van der Waals surface area contributed by atoms with E-state index in [1.54, 1.807) is 6.07 Å². The predicted molar refractivity (Wildman–Crippen MR) is 108 cm³/mol. The monoisotopic (exact) mass is 421 g/mol. The van der Waals surface area contributed by atoms with Gasteiger partial charge in [-0.15, -0.1) is 11.3 Å². The van der Waals surface area contributed by atoms with Crippen molar-refractivity contribution < 1.29 is 19.8 Å². The van der Waals surface area contributed by atoms with Crippen LogP contribution in [0.2, 0.25) is 4.34 Å². The number of anilines is 2. The lowest BCUT2D eigenvalue weighted by Gasteiger charge is -2.35. The van der Waals surface area contributed by atoms with Crippen molar-refractivity contribution in [2.24, 2.45) is 0 Å². The van der Waals surface area contributed by atoms with E-state index in [0.29, 0.717) is 22.9 Å². The van der Waals surface area contributed by atoms with E-state index < -0.39 is 24.8 Å². The van der Waals surface area contributed by atoms with Gasteiger partial charge in [0.2, 0.25) is 11.8 Å². The van der Waals surface area contributed by atoms with E-state index in [9.17, 15) is 14.7 Å². The summed E-state index contributed by atoms with van der Waals surface area (Å²) in [7, 11) is 0. The average molecular weight is 422 g/mol. The Morgan fingerprint density at radius 3 is 2.89 bits per heavy atom. The first kappa shape index (κ1) is 19.2. The van der Waals surface area contributed by atoms with Gasteiger partial charge in [-0.05, 0) is 23.3 Å². The van der Waals surface area contributed by atoms with Crippen molar-refractivity contribution in [2.45, 2.75) is 31.0 Å². The van der Waals surface area contributed by atoms with Crippen LogP contribution < -0.4 is 15.5 Å². The predicted octanol–water partition coefficient (Wildman–Crippen LogP) is 1.17. The van der Waals surface area contributed by atoms with Gasteiger partial charge in [0, 0.05) is 18.5 Å². The summed E-state index contributed by atoms with van der Waals surface area (Å²) >= 11 is 7.38. The van der Waals surface area contributed by atoms with Crippen LogP contribution in [0.1, 0.15) is 11.1 Å². The lowest BCUT2D eigenvalue weighted by atomic mass is 9.96. The van der Waals surface area contributed by atoms with Gasteiger partial charge in [0.1, 0.15) is 12.1 Å². The third-order valence-corrected chi connectivity index (χ3v) is 6.25. The number of thiophene rings is 1. The van der Waals surface area contributed by atoms with Gasteiger partial charge in [0.15, 0.2) is 0 Å². The third-order valence-electron chi connectivity index (χ3n) is 5.02. The Kier molecular flexibility index (Phi) is 5.29. The fourth-order valence-corrected chi connectivity index (χ4v) is 4.89. The van der Waals surface area contributed by atoms with Crippen molar-refractivity contribution in [2.75, 3.05) is 23.4 Å². The molecule has 28 heavy (non-hydrogen) atoms. The molecule has 2 unspecified atom stereocenters. The zero-order valence-corrected chi connectivity index (χ0v) is 16.5. The molecule has 3 heterocycles. The molecule has 4 rings (SSSR count). The number of nitrogens with zero attached hydrogens (tertiary/aromatic N) is 1. The Labute approximate surface area is 170 Å². The van der Waals surface area contributed by atoms with Gasteiger partial charge in [-0.1, -0.05) is 29.8 Å². The van der Waals surface area contributed by atoms with Crippen LogP contribution in [0, 0.1) is 0 Å². The molecule has 0 bridgehead atoms. The number of aliphatic hydroxyl groups excluding tert-OH is 2. The summed E-state index contributed by atoms with van der Waals surface area (Å²) in [6.45, 7) is -0.476. The first-order valence-electron chi connectivity index (χ1n) is 8.99. The Balaban J connectivity index is 1.49. The molecule has 0 aliphatic carbocycles. The summed E-state index contributed by atoms with van der Waals surface area (Å²) < 4.78 is 0.675. The summed E-state index contributed by atoms with van der Waals surface area (Å²) in [5.74, 6) is -0.546. The van der Waals surface area contributed by atoms with E-state index in [2.05, 4.69) is 10.6 Å². The van der Waals surface area contributed by atoms with Gasteiger partial charge in [0.05, 0.1) is 28.6 Å². The molecule has 4 N–H and O–H groups in total. The zero-order chi connectivity index (χ0) is 19.8. The van der Waals surface area contributed by atoms with Crippen LogP contribution in [0.25, 0.3) is 0 Å². The number of benzene rings is 1. The van der Waals surface area contributed by atoms with Crippen molar-refractivity contribution >= 4 is 45.4 Å². The average Bonchev–Trinajstić information content (AvgIpc) is 3.22. The van der Waals surface area contributed by atoms with Crippen molar-refractivity contribution in [1.29, 1.82) is 0 Å². The SMILES string of the molecule is O=C(NC1Cc2ccccc2N(C[C@H](O)CO)C1=O)C1Cc2cc(Cl)sc2N1. The number of hydrogen-bond acceptors (Lipinski definition) is 6. The van der Waals surface area contributed by atoms with Gasteiger partial charge in [-0.25, -0.2) is 0 Å². The Hall–Kier alpha value is -2.13. The zero-order valence-electron chi connectivity index (χ0n) is 14.9. The molecule has 0 fully saturated rings. The van der Waals surface area contributed by atoms with Crippen LogP contribution in [0.15, 0.2) is 30.3 Å². The van der Waals surface area contributed by atoms with Gasteiger partial charge >= 0.3 is 0 Å². The minimum Gasteiger partial charge on any atom is -0.394 e. The number of carbonyl (C=O) groups is 2. The van der Waals surface area contributed by atoms with Crippen molar-refractivity contribution in [3.05, 3.63) is 45.8 Å². The number of halogens is 1. The second-order valence-electron chi connectivity index (χ2n) is 6.99. The number of amides is 2. The highest BCUT2D eigenvalue weighted by atomic mass is 35.5. The number of rotatable bonds is 5. The molecule has 2 aliphatic rings. The summed E-state index contributed by atoms with van der Waals surface area (Å²) in [5.41, 5.74) is 2.60. The molecule has 148 valence electrons. The molecule has 0 radical (unpaired) electrons. The first-order valence-corrected chi connectivity index (χ1v) is 10.2. The van der Waals surface area contributed by atoms with Crippen molar-refractivity contribution in [3.63, 3.8) is 0 Å². The van der Waals surface area contributed by atoms with Crippen LogP contribution in [-0.2, 0) is 22.4 Å². The summed E-state index contributed by atoms with van der Waals surface area (Å²) in [6, 6.07) is 8.06. The standard InChI is InChI=1S/C19H20ClN3O4S/c20-16-7-11-6-13(22-18(11)28-16)17(26)21-14-5-10-3-1-2-4-15(10)23(19(14)27)8-12(25)9-24/h1-4,7,12-14,22,24-25H,5-6,8-9H2,(H,21,26)/t12-,13?,14?/m0/s1. The molecule has 2 aromatic rings. The maximum Gasteiger partial charge on any atom is 0.250 e. The number of fused-ring (bicyclic) bond motifs is 2. The fraction of sp³-hybridized carbons (Fsp3) is 0.368. The number of aliphatic hydroxyl groups is 2. The Morgan fingerprint density at radius 2 is 2.14 bits per heavy atom. The van der Waals surface area contributed by atoms with E-state index in [-0.39, 0.29) is 18.4 Å². The van der Waals surface area contributed by atoms with Crippen LogP contribution in [-0.4, -0.2) is 53.4 Å². The minimum atomic E-state index is -1.05. The van der Waals surface area contributed by atoms with E-state index >= 15 is 0 Å². The van der Waals surface area contributed by atoms with Crippen LogP contribution >= 0.6 is 22.9 Å².